The Hall–Kier alpha value is -1.77. The van der Waals surface area contributed by atoms with Crippen molar-refractivity contribution in [2.75, 3.05) is 36.1 Å². The first-order valence-corrected chi connectivity index (χ1v) is 8.12. The van der Waals surface area contributed by atoms with E-state index in [0.29, 0.717) is 45.0 Å². The Labute approximate surface area is 136 Å². The SMILES string of the molecule is CC1(C(F)(F)F)Cn2c(nc(N3CCOCC3)cc2=O)N1C1CC1. The molecule has 24 heavy (non-hydrogen) atoms. The molecule has 1 aromatic heterocycles. The van der Waals surface area contributed by atoms with Gasteiger partial charge in [0.05, 0.1) is 19.8 Å². The summed E-state index contributed by atoms with van der Waals surface area (Å²) in [4.78, 5) is 20.1. The van der Waals surface area contributed by atoms with E-state index in [1.165, 1.54) is 11.0 Å². The van der Waals surface area contributed by atoms with Crippen molar-refractivity contribution in [2.45, 2.75) is 44.1 Å². The lowest BCUT2D eigenvalue weighted by molar-refractivity contribution is -0.182. The molecule has 2 aliphatic heterocycles. The van der Waals surface area contributed by atoms with Crippen LogP contribution in [0.25, 0.3) is 0 Å². The Morgan fingerprint density at radius 3 is 2.54 bits per heavy atom. The zero-order chi connectivity index (χ0) is 17.1. The monoisotopic (exact) mass is 344 g/mol. The lowest BCUT2D eigenvalue weighted by atomic mass is 10.0. The van der Waals surface area contributed by atoms with Gasteiger partial charge < -0.3 is 14.5 Å². The normalized spacial score (nSPS) is 27.5. The molecule has 3 aliphatic rings. The van der Waals surface area contributed by atoms with Crippen molar-refractivity contribution < 1.29 is 17.9 Å². The quantitative estimate of drug-likeness (QED) is 0.811. The second-order valence-electron chi connectivity index (χ2n) is 6.81. The van der Waals surface area contributed by atoms with Gasteiger partial charge in [-0.2, -0.15) is 18.2 Å². The summed E-state index contributed by atoms with van der Waals surface area (Å²) in [7, 11) is 0. The summed E-state index contributed by atoms with van der Waals surface area (Å²) in [6, 6.07) is 1.14. The number of ether oxygens (including phenoxy) is 1. The number of fused-ring (bicyclic) bond motifs is 1. The van der Waals surface area contributed by atoms with Crippen molar-refractivity contribution in [1.82, 2.24) is 9.55 Å². The molecule has 132 valence electrons. The van der Waals surface area contributed by atoms with Gasteiger partial charge in [-0.05, 0) is 19.8 Å². The molecule has 0 radical (unpaired) electrons. The smallest absolute Gasteiger partial charge is 0.378 e. The van der Waals surface area contributed by atoms with Crippen LogP contribution < -0.4 is 15.4 Å². The van der Waals surface area contributed by atoms with Crippen molar-refractivity contribution in [3.05, 3.63) is 16.4 Å². The standard InChI is InChI=1S/C15H19F3N4O2/c1-14(15(16,17)18)9-21-12(23)8-11(20-4-6-24-7-5-20)19-13(21)22(14)10-2-3-10/h8,10H,2-7,9H2,1H3. The summed E-state index contributed by atoms with van der Waals surface area (Å²) < 4.78 is 47.6. The number of halogens is 3. The number of morpholine rings is 1. The number of rotatable bonds is 2. The Morgan fingerprint density at radius 1 is 1.29 bits per heavy atom. The number of hydrogen-bond donors (Lipinski definition) is 0. The average Bonchev–Trinajstić information content (AvgIpc) is 3.30. The maximum Gasteiger partial charge on any atom is 0.413 e. The fourth-order valence-electron chi connectivity index (χ4n) is 3.50. The van der Waals surface area contributed by atoms with Gasteiger partial charge in [-0.15, -0.1) is 0 Å². The Bertz CT molecular complexity index is 710. The highest BCUT2D eigenvalue weighted by Gasteiger charge is 2.62. The highest BCUT2D eigenvalue weighted by Crippen LogP contribution is 2.48. The van der Waals surface area contributed by atoms with Gasteiger partial charge in [0.2, 0.25) is 5.95 Å². The number of hydrogen-bond acceptors (Lipinski definition) is 5. The van der Waals surface area contributed by atoms with Crippen LogP contribution in [0.5, 0.6) is 0 Å². The number of anilines is 2. The third-order valence-corrected chi connectivity index (χ3v) is 5.05. The second-order valence-corrected chi connectivity index (χ2v) is 6.81. The zero-order valence-electron chi connectivity index (χ0n) is 13.3. The minimum Gasteiger partial charge on any atom is -0.378 e. The maximum absolute atomic E-state index is 13.7. The van der Waals surface area contributed by atoms with Crippen molar-refractivity contribution in [1.29, 1.82) is 0 Å². The van der Waals surface area contributed by atoms with Gasteiger partial charge in [0.25, 0.3) is 5.56 Å². The topological polar surface area (TPSA) is 50.6 Å². The number of aromatic nitrogens is 2. The summed E-state index contributed by atoms with van der Waals surface area (Å²) in [5.41, 5.74) is -2.52. The fraction of sp³-hybridized carbons (Fsp3) is 0.733. The zero-order valence-corrected chi connectivity index (χ0v) is 13.3. The van der Waals surface area contributed by atoms with Gasteiger partial charge in [-0.1, -0.05) is 0 Å². The molecule has 1 unspecified atom stereocenters. The summed E-state index contributed by atoms with van der Waals surface area (Å²) in [5, 5.41) is 0. The van der Waals surface area contributed by atoms with Crippen LogP contribution in [0.2, 0.25) is 0 Å². The molecule has 1 aromatic rings. The van der Waals surface area contributed by atoms with Gasteiger partial charge in [0.1, 0.15) is 5.82 Å². The van der Waals surface area contributed by atoms with E-state index in [9.17, 15) is 18.0 Å². The molecule has 4 rings (SSSR count). The van der Waals surface area contributed by atoms with Gasteiger partial charge in [0.15, 0.2) is 5.54 Å². The first kappa shape index (κ1) is 15.7. The molecular weight excluding hydrogens is 325 g/mol. The van der Waals surface area contributed by atoms with Crippen LogP contribution in [-0.2, 0) is 11.3 Å². The molecule has 6 nitrogen and oxygen atoms in total. The Morgan fingerprint density at radius 2 is 1.96 bits per heavy atom. The molecule has 1 saturated carbocycles. The van der Waals surface area contributed by atoms with E-state index in [0.717, 1.165) is 11.5 Å². The van der Waals surface area contributed by atoms with Gasteiger partial charge in [-0.3, -0.25) is 9.36 Å². The van der Waals surface area contributed by atoms with Crippen LogP contribution in [0.1, 0.15) is 19.8 Å². The van der Waals surface area contributed by atoms with E-state index in [1.807, 2.05) is 4.90 Å². The van der Waals surface area contributed by atoms with Gasteiger partial charge in [-0.25, -0.2) is 0 Å². The fourth-order valence-corrected chi connectivity index (χ4v) is 3.50. The molecule has 0 bridgehead atoms. The molecule has 0 N–H and O–H groups in total. The minimum atomic E-state index is -4.44. The molecule has 0 spiro atoms. The molecule has 3 heterocycles. The molecule has 0 aromatic carbocycles. The van der Waals surface area contributed by atoms with Crippen molar-refractivity contribution in [3.8, 4) is 0 Å². The first-order chi connectivity index (χ1) is 11.3. The summed E-state index contributed by atoms with van der Waals surface area (Å²) in [5.74, 6) is 0.581. The van der Waals surface area contributed by atoms with Crippen LogP contribution in [0.3, 0.4) is 0 Å². The molecule has 2 fully saturated rings. The Kier molecular flexibility index (Phi) is 3.35. The van der Waals surface area contributed by atoms with Crippen LogP contribution in [-0.4, -0.2) is 53.6 Å². The van der Waals surface area contributed by atoms with Crippen LogP contribution in [0, 0.1) is 0 Å². The lowest BCUT2D eigenvalue weighted by Gasteiger charge is -2.37. The number of nitrogens with zero attached hydrogens (tertiary/aromatic N) is 4. The van der Waals surface area contributed by atoms with Gasteiger partial charge >= 0.3 is 6.18 Å². The number of alkyl halides is 3. The maximum atomic E-state index is 13.7. The van der Waals surface area contributed by atoms with Gasteiger partial charge in [0, 0.05) is 25.2 Å². The van der Waals surface area contributed by atoms with Crippen LogP contribution >= 0.6 is 0 Å². The first-order valence-electron chi connectivity index (χ1n) is 8.12. The highest BCUT2D eigenvalue weighted by molar-refractivity contribution is 5.51. The largest absolute Gasteiger partial charge is 0.413 e. The minimum absolute atomic E-state index is 0.145. The summed E-state index contributed by atoms with van der Waals surface area (Å²) in [6.45, 7) is 2.95. The Balaban J connectivity index is 1.79. The van der Waals surface area contributed by atoms with Crippen molar-refractivity contribution >= 4 is 11.8 Å². The molecule has 1 saturated heterocycles. The van der Waals surface area contributed by atoms with E-state index in [4.69, 9.17) is 4.74 Å². The predicted molar refractivity (Wildman–Crippen MR) is 81.5 cm³/mol. The predicted octanol–water partition coefficient (Wildman–Crippen LogP) is 1.38. The van der Waals surface area contributed by atoms with Crippen molar-refractivity contribution in [3.63, 3.8) is 0 Å². The molecule has 1 atom stereocenters. The molecule has 1 aliphatic carbocycles. The lowest BCUT2D eigenvalue weighted by Crippen LogP contribution is -2.56. The van der Waals surface area contributed by atoms with Crippen molar-refractivity contribution in [2.24, 2.45) is 0 Å². The molecular formula is C15H19F3N4O2. The second kappa shape index (κ2) is 5.11. The van der Waals surface area contributed by atoms with E-state index in [2.05, 4.69) is 4.98 Å². The highest BCUT2D eigenvalue weighted by atomic mass is 19.4. The van der Waals surface area contributed by atoms with E-state index >= 15 is 0 Å². The average molecular weight is 344 g/mol. The van der Waals surface area contributed by atoms with E-state index in [-0.39, 0.29) is 12.0 Å². The summed E-state index contributed by atoms with van der Waals surface area (Å²) in [6.07, 6.45) is -3.04. The molecule has 9 heteroatoms. The third-order valence-electron chi connectivity index (χ3n) is 5.05. The summed E-state index contributed by atoms with van der Waals surface area (Å²) >= 11 is 0. The molecule has 0 amide bonds. The van der Waals surface area contributed by atoms with E-state index in [1.54, 1.807) is 0 Å². The van der Waals surface area contributed by atoms with Crippen LogP contribution in [0.4, 0.5) is 24.9 Å². The van der Waals surface area contributed by atoms with Crippen LogP contribution in [0.15, 0.2) is 10.9 Å². The third kappa shape index (κ3) is 2.28. The van der Waals surface area contributed by atoms with E-state index < -0.39 is 23.8 Å².